The number of aryl methyl sites for hydroxylation is 1. The van der Waals surface area contributed by atoms with E-state index >= 15 is 0 Å². The molecule has 2 heterocycles. The zero-order chi connectivity index (χ0) is 16.2. The molecule has 0 N–H and O–H groups in total. The highest BCUT2D eigenvalue weighted by molar-refractivity contribution is 7.99. The fraction of sp³-hybridized carbons (Fsp3) is 0.250. The van der Waals surface area contributed by atoms with Crippen LogP contribution in [0.1, 0.15) is 5.76 Å². The topological polar surface area (TPSA) is 53.1 Å². The van der Waals surface area contributed by atoms with E-state index in [1.54, 1.807) is 24.5 Å². The molecule has 0 atom stereocenters. The van der Waals surface area contributed by atoms with Gasteiger partial charge in [-0.1, -0.05) is 23.9 Å². The summed E-state index contributed by atoms with van der Waals surface area (Å²) in [6.07, 6.45) is 1.63. The zero-order valence-electron chi connectivity index (χ0n) is 12.8. The van der Waals surface area contributed by atoms with Gasteiger partial charge in [0.05, 0.1) is 18.4 Å². The first-order valence-electron chi connectivity index (χ1n) is 7.11. The summed E-state index contributed by atoms with van der Waals surface area (Å²) in [4.78, 5) is 0. The van der Waals surface area contributed by atoms with Crippen molar-refractivity contribution < 1.29 is 13.5 Å². The second-order valence-corrected chi connectivity index (χ2v) is 5.95. The molecule has 0 bridgehead atoms. The normalized spacial score (nSPS) is 10.9. The van der Waals surface area contributed by atoms with Gasteiger partial charge in [-0.15, -0.1) is 10.2 Å². The average molecular weight is 333 g/mol. The van der Waals surface area contributed by atoms with Crippen molar-refractivity contribution in [2.24, 2.45) is 7.05 Å². The number of hydrogen-bond acceptors (Lipinski definition) is 5. The maximum Gasteiger partial charge on any atom is 0.191 e. The van der Waals surface area contributed by atoms with E-state index in [2.05, 4.69) is 10.2 Å². The molecule has 0 amide bonds. The molecule has 0 aliphatic heterocycles. The Kier molecular flexibility index (Phi) is 4.66. The number of hydrogen-bond donors (Lipinski definition) is 0. The molecule has 0 spiro atoms. The third-order valence-corrected chi connectivity index (χ3v) is 4.33. The zero-order valence-corrected chi connectivity index (χ0v) is 13.6. The molecular formula is C16H16FN3O2S. The summed E-state index contributed by atoms with van der Waals surface area (Å²) in [5, 5.41) is 9.16. The molecule has 2 aromatic heterocycles. The summed E-state index contributed by atoms with van der Waals surface area (Å²) < 4.78 is 26.1. The van der Waals surface area contributed by atoms with Gasteiger partial charge in [-0.05, 0) is 25.1 Å². The van der Waals surface area contributed by atoms with Gasteiger partial charge in [0.1, 0.15) is 5.76 Å². The quantitative estimate of drug-likeness (QED) is 0.509. The minimum absolute atomic E-state index is 0.265. The number of para-hydroxylation sites is 1. The number of furan rings is 1. The van der Waals surface area contributed by atoms with Crippen molar-refractivity contribution in [1.82, 2.24) is 14.8 Å². The summed E-state index contributed by atoms with van der Waals surface area (Å²) >= 11 is 1.51. The SMILES string of the molecule is Cc1occc1-c1nnc(SCCOc2ccccc2F)n1C. The lowest BCUT2D eigenvalue weighted by Crippen LogP contribution is -2.03. The Morgan fingerprint density at radius 2 is 2.09 bits per heavy atom. The summed E-state index contributed by atoms with van der Waals surface area (Å²) in [7, 11) is 1.90. The van der Waals surface area contributed by atoms with Crippen LogP contribution in [0, 0.1) is 12.7 Å². The molecule has 0 unspecified atom stereocenters. The van der Waals surface area contributed by atoms with E-state index in [0.717, 1.165) is 22.3 Å². The smallest absolute Gasteiger partial charge is 0.191 e. The minimum Gasteiger partial charge on any atom is -0.490 e. The van der Waals surface area contributed by atoms with Crippen LogP contribution in [-0.4, -0.2) is 27.1 Å². The second-order valence-electron chi connectivity index (χ2n) is 4.88. The first kappa shape index (κ1) is 15.6. The van der Waals surface area contributed by atoms with Crippen molar-refractivity contribution in [2.45, 2.75) is 12.1 Å². The van der Waals surface area contributed by atoms with Crippen LogP contribution in [0.4, 0.5) is 4.39 Å². The molecule has 0 aliphatic rings. The third kappa shape index (κ3) is 3.39. The monoisotopic (exact) mass is 333 g/mol. The van der Waals surface area contributed by atoms with Gasteiger partial charge in [0.2, 0.25) is 0 Å². The van der Waals surface area contributed by atoms with Gasteiger partial charge in [0.25, 0.3) is 0 Å². The number of thioether (sulfide) groups is 1. The van der Waals surface area contributed by atoms with E-state index in [4.69, 9.17) is 9.15 Å². The molecule has 0 radical (unpaired) electrons. The van der Waals surface area contributed by atoms with Crippen LogP contribution in [-0.2, 0) is 7.05 Å². The van der Waals surface area contributed by atoms with Crippen molar-refractivity contribution in [3.8, 4) is 17.1 Å². The largest absolute Gasteiger partial charge is 0.490 e. The van der Waals surface area contributed by atoms with Gasteiger partial charge >= 0.3 is 0 Å². The predicted molar refractivity (Wildman–Crippen MR) is 86.1 cm³/mol. The van der Waals surface area contributed by atoms with E-state index in [9.17, 15) is 4.39 Å². The van der Waals surface area contributed by atoms with Gasteiger partial charge < -0.3 is 13.7 Å². The summed E-state index contributed by atoms with van der Waals surface area (Å²) in [5.41, 5.74) is 0.925. The lowest BCUT2D eigenvalue weighted by Gasteiger charge is -2.06. The van der Waals surface area contributed by atoms with Crippen LogP contribution < -0.4 is 4.74 Å². The summed E-state index contributed by atoms with van der Waals surface area (Å²) in [6, 6.07) is 8.24. The van der Waals surface area contributed by atoms with Crippen molar-refractivity contribution in [3.63, 3.8) is 0 Å². The lowest BCUT2D eigenvalue weighted by atomic mass is 10.2. The Morgan fingerprint density at radius 1 is 1.26 bits per heavy atom. The van der Waals surface area contributed by atoms with Crippen molar-refractivity contribution >= 4 is 11.8 Å². The molecule has 5 nitrogen and oxygen atoms in total. The van der Waals surface area contributed by atoms with Crippen LogP contribution in [0.2, 0.25) is 0 Å². The number of halogens is 1. The van der Waals surface area contributed by atoms with Crippen LogP contribution in [0.5, 0.6) is 5.75 Å². The maximum atomic E-state index is 13.4. The van der Waals surface area contributed by atoms with E-state index in [1.165, 1.54) is 17.8 Å². The van der Waals surface area contributed by atoms with Gasteiger partial charge in [0, 0.05) is 12.8 Å². The standard InChI is InChI=1S/C16H16FN3O2S/c1-11-12(7-8-21-11)15-18-19-16(20(15)2)23-10-9-22-14-6-4-3-5-13(14)17/h3-8H,9-10H2,1-2H3. The average Bonchev–Trinajstić information content (AvgIpc) is 3.11. The number of benzene rings is 1. The van der Waals surface area contributed by atoms with Crippen molar-refractivity contribution in [1.29, 1.82) is 0 Å². The second kappa shape index (κ2) is 6.87. The Morgan fingerprint density at radius 3 is 2.83 bits per heavy atom. The molecule has 7 heteroatoms. The van der Waals surface area contributed by atoms with Crippen LogP contribution >= 0.6 is 11.8 Å². The fourth-order valence-electron chi connectivity index (χ4n) is 2.14. The van der Waals surface area contributed by atoms with E-state index in [0.29, 0.717) is 12.4 Å². The fourth-order valence-corrected chi connectivity index (χ4v) is 2.87. The molecular weight excluding hydrogens is 317 g/mol. The Labute approximate surface area is 137 Å². The molecule has 3 rings (SSSR count). The first-order chi connectivity index (χ1) is 11.2. The molecule has 0 saturated carbocycles. The molecule has 23 heavy (non-hydrogen) atoms. The molecule has 0 aliphatic carbocycles. The van der Waals surface area contributed by atoms with E-state index in [-0.39, 0.29) is 11.6 Å². The highest BCUT2D eigenvalue weighted by atomic mass is 32.2. The van der Waals surface area contributed by atoms with Crippen molar-refractivity contribution in [3.05, 3.63) is 48.2 Å². The maximum absolute atomic E-state index is 13.4. The van der Waals surface area contributed by atoms with Crippen molar-refractivity contribution in [2.75, 3.05) is 12.4 Å². The van der Waals surface area contributed by atoms with E-state index < -0.39 is 0 Å². The first-order valence-corrected chi connectivity index (χ1v) is 8.09. The molecule has 0 saturated heterocycles. The molecule has 0 fully saturated rings. The molecule has 120 valence electrons. The Bertz CT molecular complexity index is 800. The number of rotatable bonds is 6. The van der Waals surface area contributed by atoms with Gasteiger partial charge in [-0.25, -0.2) is 4.39 Å². The Balaban J connectivity index is 1.58. The predicted octanol–water partition coefficient (Wildman–Crippen LogP) is 3.69. The summed E-state index contributed by atoms with van der Waals surface area (Å²) in [5.74, 6) is 2.12. The molecule has 3 aromatic rings. The molecule has 1 aromatic carbocycles. The number of aromatic nitrogens is 3. The number of ether oxygens (including phenoxy) is 1. The minimum atomic E-state index is -0.353. The van der Waals surface area contributed by atoms with Gasteiger partial charge in [-0.2, -0.15) is 0 Å². The van der Waals surface area contributed by atoms with E-state index in [1.807, 2.05) is 24.6 Å². The van der Waals surface area contributed by atoms with Crippen LogP contribution in [0.25, 0.3) is 11.4 Å². The third-order valence-electron chi connectivity index (χ3n) is 3.34. The highest BCUT2D eigenvalue weighted by Gasteiger charge is 2.14. The van der Waals surface area contributed by atoms with Crippen LogP contribution in [0.15, 0.2) is 46.2 Å². The van der Waals surface area contributed by atoms with Gasteiger partial charge in [-0.3, -0.25) is 0 Å². The number of nitrogens with zero attached hydrogens (tertiary/aromatic N) is 3. The highest BCUT2D eigenvalue weighted by Crippen LogP contribution is 2.25. The summed E-state index contributed by atoms with van der Waals surface area (Å²) in [6.45, 7) is 2.28. The van der Waals surface area contributed by atoms with Gasteiger partial charge in [0.15, 0.2) is 22.5 Å². The Hall–Kier alpha value is -2.28. The van der Waals surface area contributed by atoms with Crippen LogP contribution in [0.3, 0.4) is 0 Å². The lowest BCUT2D eigenvalue weighted by molar-refractivity contribution is 0.325.